The first-order valence-electron chi connectivity index (χ1n) is 10.7. The van der Waals surface area contributed by atoms with Crippen LogP contribution >= 0.6 is 0 Å². The second kappa shape index (κ2) is 10.2. The van der Waals surface area contributed by atoms with E-state index in [1.165, 1.54) is 0 Å². The first-order valence-corrected chi connectivity index (χ1v) is 10.7. The summed E-state index contributed by atoms with van der Waals surface area (Å²) in [7, 11) is 0. The van der Waals surface area contributed by atoms with Gasteiger partial charge in [-0.1, -0.05) is 66.2 Å². The lowest BCUT2D eigenvalue weighted by molar-refractivity contribution is -0.161. The number of carbonyl (C=O) groups is 2. The number of carboxylic acid groups (broad SMARTS) is 1. The van der Waals surface area contributed by atoms with Gasteiger partial charge in [-0.3, -0.25) is 4.79 Å². The van der Waals surface area contributed by atoms with Crippen LogP contribution in [0.1, 0.15) is 46.6 Å². The molecule has 0 fully saturated rings. The Morgan fingerprint density at radius 2 is 1.81 bits per heavy atom. The summed E-state index contributed by atoms with van der Waals surface area (Å²) in [6.07, 6.45) is 6.58. The Kier molecular flexibility index (Phi) is 7.44. The normalized spacial score (nSPS) is 11.7. The van der Waals surface area contributed by atoms with E-state index in [0.717, 1.165) is 16.7 Å². The van der Waals surface area contributed by atoms with Crippen molar-refractivity contribution in [3.8, 4) is 0 Å². The maximum absolute atomic E-state index is 12.8. The van der Waals surface area contributed by atoms with E-state index >= 15 is 0 Å². The molecule has 0 saturated heterocycles. The van der Waals surface area contributed by atoms with E-state index < -0.39 is 11.6 Å². The summed E-state index contributed by atoms with van der Waals surface area (Å²) >= 11 is 0. The molecule has 166 valence electrons. The van der Waals surface area contributed by atoms with Crippen LogP contribution in [0.25, 0.3) is 6.08 Å². The zero-order chi connectivity index (χ0) is 23.1. The van der Waals surface area contributed by atoms with Gasteiger partial charge in [-0.25, -0.2) is 4.79 Å². The molecule has 0 aliphatic carbocycles. The molecule has 1 N–H and O–H groups in total. The molecule has 1 heterocycles. The molecule has 0 saturated carbocycles. The molecule has 5 heteroatoms. The fourth-order valence-electron chi connectivity index (χ4n) is 3.27. The minimum absolute atomic E-state index is 0.00897. The van der Waals surface area contributed by atoms with E-state index in [4.69, 9.17) is 9.84 Å². The highest BCUT2D eigenvalue weighted by atomic mass is 16.5. The molecule has 3 rings (SSSR count). The van der Waals surface area contributed by atoms with Crippen molar-refractivity contribution in [3.63, 3.8) is 0 Å². The first-order chi connectivity index (χ1) is 15.3. The maximum atomic E-state index is 12.8. The second-order valence-corrected chi connectivity index (χ2v) is 8.30. The highest BCUT2D eigenvalue weighted by molar-refractivity contribution is 6.08. The van der Waals surface area contributed by atoms with Gasteiger partial charge in [-0.2, -0.15) is 0 Å². The summed E-state index contributed by atoms with van der Waals surface area (Å²) in [5.41, 5.74) is 3.38. The van der Waals surface area contributed by atoms with Gasteiger partial charge in [0.2, 0.25) is 5.78 Å². The summed E-state index contributed by atoms with van der Waals surface area (Å²) in [4.78, 5) is 24.0. The van der Waals surface area contributed by atoms with Crippen LogP contribution < -0.4 is 0 Å². The lowest BCUT2D eigenvalue weighted by Gasteiger charge is -2.19. The number of carboxylic acids is 1. The Hall–Kier alpha value is -3.44. The quantitative estimate of drug-likeness (QED) is 0.450. The number of ketones is 1. The Bertz CT molecular complexity index is 1110. The number of hydrogen-bond acceptors (Lipinski definition) is 3. The number of nitrogens with zero attached hydrogens (tertiary/aromatic N) is 1. The van der Waals surface area contributed by atoms with Gasteiger partial charge in [-0.15, -0.1) is 0 Å². The monoisotopic (exact) mass is 431 g/mol. The molecule has 0 unspecified atom stereocenters. The minimum Gasteiger partial charge on any atom is -0.479 e. The predicted octanol–water partition coefficient (Wildman–Crippen LogP) is 5.16. The summed E-state index contributed by atoms with van der Waals surface area (Å²) in [6, 6.07) is 19.4. The van der Waals surface area contributed by atoms with E-state index in [1.54, 1.807) is 13.8 Å². The fourth-order valence-corrected chi connectivity index (χ4v) is 3.27. The van der Waals surface area contributed by atoms with Crippen LogP contribution in [0.2, 0.25) is 0 Å². The Balaban J connectivity index is 1.61. The molecule has 5 nitrogen and oxygen atoms in total. The average Bonchev–Trinajstić information content (AvgIpc) is 3.22. The highest BCUT2D eigenvalue weighted by Crippen LogP contribution is 2.14. The van der Waals surface area contributed by atoms with Crippen LogP contribution in [0.3, 0.4) is 0 Å². The van der Waals surface area contributed by atoms with Crippen LogP contribution in [0.4, 0.5) is 0 Å². The van der Waals surface area contributed by atoms with Crippen molar-refractivity contribution in [2.24, 2.45) is 0 Å². The van der Waals surface area contributed by atoms with Gasteiger partial charge in [0.15, 0.2) is 5.60 Å². The van der Waals surface area contributed by atoms with Gasteiger partial charge < -0.3 is 14.4 Å². The summed E-state index contributed by atoms with van der Waals surface area (Å²) < 4.78 is 7.43. The smallest absolute Gasteiger partial charge is 0.335 e. The number of ether oxygens (including phenoxy) is 1. The molecular weight excluding hydrogens is 402 g/mol. The van der Waals surface area contributed by atoms with Gasteiger partial charge >= 0.3 is 5.97 Å². The van der Waals surface area contributed by atoms with Crippen molar-refractivity contribution in [1.82, 2.24) is 4.57 Å². The van der Waals surface area contributed by atoms with Gasteiger partial charge in [-0.05, 0) is 50.5 Å². The van der Waals surface area contributed by atoms with Gasteiger partial charge in [0.05, 0.1) is 12.3 Å². The molecule has 0 amide bonds. The largest absolute Gasteiger partial charge is 0.479 e. The Morgan fingerprint density at radius 1 is 1.06 bits per heavy atom. The van der Waals surface area contributed by atoms with Crippen LogP contribution in [0.5, 0.6) is 0 Å². The number of aromatic nitrogens is 1. The highest BCUT2D eigenvalue weighted by Gasteiger charge is 2.27. The third-order valence-electron chi connectivity index (χ3n) is 5.31. The van der Waals surface area contributed by atoms with Crippen molar-refractivity contribution in [1.29, 1.82) is 0 Å². The van der Waals surface area contributed by atoms with E-state index in [-0.39, 0.29) is 5.78 Å². The second-order valence-electron chi connectivity index (χ2n) is 8.30. The topological polar surface area (TPSA) is 68.5 Å². The van der Waals surface area contributed by atoms with E-state index in [9.17, 15) is 9.59 Å². The molecule has 0 spiro atoms. The van der Waals surface area contributed by atoms with Gasteiger partial charge in [0.25, 0.3) is 0 Å². The van der Waals surface area contributed by atoms with Crippen LogP contribution in [0, 0.1) is 6.92 Å². The third kappa shape index (κ3) is 6.05. The van der Waals surface area contributed by atoms with Gasteiger partial charge in [0.1, 0.15) is 0 Å². The summed E-state index contributed by atoms with van der Waals surface area (Å²) in [5, 5.41) is 9.13. The summed E-state index contributed by atoms with van der Waals surface area (Å²) in [5.74, 6) is -0.964. The number of aliphatic carboxylic acids is 1. The minimum atomic E-state index is -1.19. The van der Waals surface area contributed by atoms with E-state index in [0.29, 0.717) is 30.8 Å². The Labute approximate surface area is 189 Å². The van der Waals surface area contributed by atoms with Gasteiger partial charge in [0, 0.05) is 18.3 Å². The first kappa shape index (κ1) is 23.2. The molecule has 0 radical (unpaired) electrons. The number of allylic oxidation sites excluding steroid dienone is 1. The number of carbonyl (C=O) groups excluding carboxylic acids is 1. The molecule has 1 aromatic heterocycles. The van der Waals surface area contributed by atoms with Crippen LogP contribution in [-0.4, -0.2) is 33.6 Å². The molecule has 2 aromatic carbocycles. The average molecular weight is 432 g/mol. The van der Waals surface area contributed by atoms with Crippen molar-refractivity contribution < 1.29 is 19.4 Å². The molecule has 3 aromatic rings. The number of aryl methyl sites for hydroxylation is 1. The molecular formula is C27H29NO4. The lowest BCUT2D eigenvalue weighted by Crippen LogP contribution is -2.35. The number of benzene rings is 2. The fraction of sp³-hybridized carbons (Fsp3) is 0.259. The van der Waals surface area contributed by atoms with Crippen molar-refractivity contribution in [3.05, 3.63) is 101 Å². The Morgan fingerprint density at radius 3 is 2.53 bits per heavy atom. The third-order valence-corrected chi connectivity index (χ3v) is 5.31. The van der Waals surface area contributed by atoms with Crippen LogP contribution in [0.15, 0.2) is 72.9 Å². The SMILES string of the molecule is Cc1ccc(C(=O)c2cccn2CC=Cc2cccc(CCOC(C)(C)C(=O)O)c2)cc1. The zero-order valence-corrected chi connectivity index (χ0v) is 18.7. The maximum Gasteiger partial charge on any atom is 0.335 e. The van der Waals surface area contributed by atoms with Crippen molar-refractivity contribution in [2.45, 2.75) is 39.3 Å². The molecule has 0 aliphatic rings. The van der Waals surface area contributed by atoms with E-state index in [1.807, 2.05) is 84.4 Å². The predicted molar refractivity (Wildman–Crippen MR) is 126 cm³/mol. The zero-order valence-electron chi connectivity index (χ0n) is 18.7. The number of rotatable bonds is 10. The summed E-state index contributed by atoms with van der Waals surface area (Å²) in [6.45, 7) is 6.02. The molecule has 32 heavy (non-hydrogen) atoms. The van der Waals surface area contributed by atoms with E-state index in [2.05, 4.69) is 6.07 Å². The van der Waals surface area contributed by atoms with Crippen molar-refractivity contribution >= 4 is 17.8 Å². The van der Waals surface area contributed by atoms with Crippen molar-refractivity contribution in [2.75, 3.05) is 6.61 Å². The standard InChI is InChI=1S/C27H29NO4/c1-20-11-13-23(14-12-20)25(29)24-10-6-17-28(24)16-5-9-21-7-4-8-22(19-21)15-18-32-27(2,3)26(30)31/h4-14,17,19H,15-16,18H2,1-3H3,(H,30,31). The number of hydrogen-bond donors (Lipinski definition) is 1. The van der Waals surface area contributed by atoms with Crippen LogP contribution in [-0.2, 0) is 22.5 Å². The molecule has 0 atom stereocenters. The molecule has 0 bridgehead atoms. The molecule has 0 aliphatic heterocycles. The lowest BCUT2D eigenvalue weighted by atomic mass is 10.1.